The first-order valence-electron chi connectivity index (χ1n) is 26.3. The molecule has 0 bridgehead atoms. The van der Waals surface area contributed by atoms with Crippen LogP contribution in [0.2, 0.25) is 0 Å². The van der Waals surface area contributed by atoms with Gasteiger partial charge in [-0.05, 0) is 105 Å². The van der Waals surface area contributed by atoms with Crippen LogP contribution in [0.15, 0.2) is 72.8 Å². The maximum Gasteiger partial charge on any atom is 0.407 e. The molecular weight excluding hydrogens is 1040 g/mol. The maximum atomic E-state index is 12.0. The molecule has 1 aliphatic heterocycles. The number of aromatic carboxylic acids is 1. The third-order valence-corrected chi connectivity index (χ3v) is 13.9. The average molecular weight is 1140 g/mol. The van der Waals surface area contributed by atoms with E-state index in [4.69, 9.17) is 37.9 Å². The van der Waals surface area contributed by atoms with E-state index in [1.54, 1.807) is 48.5 Å². The number of carboxylic acid groups (broad SMARTS) is 1. The Morgan fingerprint density at radius 3 is 1.29 bits per heavy atom. The third-order valence-electron chi connectivity index (χ3n) is 10.9. The molecule has 78 heavy (non-hydrogen) atoms. The number of likely N-dealkylation sites (N-methyl/N-ethyl adjacent to an activating group) is 4. The maximum absolute atomic E-state index is 12.0. The van der Waals surface area contributed by atoms with Gasteiger partial charge in [-0.15, -0.1) is 0 Å². The van der Waals surface area contributed by atoms with Crippen molar-refractivity contribution >= 4 is 51.4 Å². The predicted octanol–water partition coefficient (Wildman–Crippen LogP) is 3.22. The first kappa shape index (κ1) is 72.6. The summed E-state index contributed by atoms with van der Waals surface area (Å²) < 4.78 is 5.09. The number of benzene rings is 3. The van der Waals surface area contributed by atoms with E-state index in [0.29, 0.717) is 57.8 Å². The zero-order valence-electron chi connectivity index (χ0n) is 47.2. The van der Waals surface area contributed by atoms with Gasteiger partial charge in [0.15, 0.2) is 0 Å². The van der Waals surface area contributed by atoms with Gasteiger partial charge in [0.05, 0.1) is 11.1 Å². The standard InChI is InChI=1S/C20H31N3O3S2.C12H19N3O2.C10H23N3O2.C7H6O3.C5H15N3/c1-23(14-12-22-20(26)17-7-3-4-8-18(17)24)13-11-21-19(25)9-5-2-6-16-10-15-27-28-16;1-15(8-6-13)9-7-14-12(17)10-4-2-3-5-11(10)16;1-10(2,3)15-9(14)12-6-8-13(4)7-5-11;8-6-4-2-1-3-5(6)7(9)10;1-8(4-2-6)5-3-7/h3-4,7-8,16,24H,2,5-6,9-15H2,1H3,(H,21,25)(H,22,26);2-5,16H,6-9,13H2,1H3,(H,14,17);5-8,11H2,1-4H3,(H,12,14);1-4,8H,(H,9,10);2-7H2,1H3/t16-;;;;/m0..../s1. The SMILES string of the molecule is CN(CCN)CCN.CN(CCN)CCNC(=O)OC(C)(C)C.CN(CCN)CCNC(=O)c1ccccc1O.CN(CCNC(=O)CCCC[C@H]1CCSS1)CCNC(=O)c1ccccc1O.O=C(O)c1ccccc1O. The Balaban J connectivity index is 0.00000102. The van der Waals surface area contributed by atoms with Crippen LogP contribution in [0.5, 0.6) is 17.2 Å². The summed E-state index contributed by atoms with van der Waals surface area (Å²) in [6.07, 6.45) is 4.85. The number of amides is 4. The number of nitrogens with one attached hydrogen (secondary N) is 4. The summed E-state index contributed by atoms with van der Waals surface area (Å²) in [4.78, 5) is 65.3. The van der Waals surface area contributed by atoms with Crippen molar-refractivity contribution in [3.05, 3.63) is 89.5 Å². The number of ether oxygens (including phenoxy) is 1. The minimum atomic E-state index is -1.11. The van der Waals surface area contributed by atoms with Gasteiger partial charge in [-0.3, -0.25) is 14.4 Å². The van der Waals surface area contributed by atoms with Crippen molar-refractivity contribution in [3.8, 4) is 17.2 Å². The summed E-state index contributed by atoms with van der Waals surface area (Å²) in [5, 5.41) is 48.4. The lowest BCUT2D eigenvalue weighted by molar-refractivity contribution is -0.121. The summed E-state index contributed by atoms with van der Waals surface area (Å²) in [7, 11) is 11.8. The molecule has 0 radical (unpaired) electrons. The summed E-state index contributed by atoms with van der Waals surface area (Å²) >= 11 is 0. The Hall–Kier alpha value is -5.41. The molecular formula is C54H94N12O10S2. The molecule has 1 atom stereocenters. The number of rotatable bonds is 28. The van der Waals surface area contributed by atoms with E-state index in [9.17, 15) is 34.2 Å². The van der Waals surface area contributed by atoms with Gasteiger partial charge >= 0.3 is 12.1 Å². The smallest absolute Gasteiger partial charge is 0.407 e. The molecule has 0 aromatic heterocycles. The first-order chi connectivity index (χ1) is 37.1. The summed E-state index contributed by atoms with van der Waals surface area (Å²) in [6.45, 7) is 16.8. The van der Waals surface area contributed by atoms with Crippen LogP contribution in [0.4, 0.5) is 4.79 Å². The Bertz CT molecular complexity index is 2100. The van der Waals surface area contributed by atoms with Gasteiger partial charge in [0.1, 0.15) is 28.4 Å². The molecule has 16 N–H and O–H groups in total. The predicted molar refractivity (Wildman–Crippen MR) is 316 cm³/mol. The quantitative estimate of drug-likeness (QED) is 0.0367. The lowest BCUT2D eigenvalue weighted by atomic mass is 10.1. The number of hydrogen-bond donors (Lipinski definition) is 12. The fraction of sp³-hybridized carbons (Fsp3) is 0.574. The zero-order chi connectivity index (χ0) is 58.7. The molecule has 4 amide bonds. The van der Waals surface area contributed by atoms with Crippen LogP contribution < -0.4 is 44.2 Å². The van der Waals surface area contributed by atoms with E-state index < -0.39 is 11.6 Å². The van der Waals surface area contributed by atoms with Gasteiger partial charge in [0.25, 0.3) is 11.8 Å². The van der Waals surface area contributed by atoms with E-state index in [1.165, 1.54) is 42.9 Å². The Kier molecular flexibility index (Phi) is 41.4. The number of unbranched alkanes of at least 4 members (excludes halogenated alkanes) is 1. The van der Waals surface area contributed by atoms with E-state index in [0.717, 1.165) is 77.0 Å². The number of carbonyl (C=O) groups is 5. The van der Waals surface area contributed by atoms with Gasteiger partial charge in [-0.1, -0.05) is 64.4 Å². The molecule has 1 saturated heterocycles. The topological polar surface area (TPSA) is 341 Å². The number of nitrogens with two attached hydrogens (primary N) is 4. The third kappa shape index (κ3) is 38.2. The largest absolute Gasteiger partial charge is 0.507 e. The van der Waals surface area contributed by atoms with E-state index in [-0.39, 0.29) is 52.2 Å². The number of carboxylic acids is 1. The van der Waals surface area contributed by atoms with Crippen molar-refractivity contribution in [1.29, 1.82) is 0 Å². The number of carbonyl (C=O) groups excluding carboxylic acids is 4. The van der Waals surface area contributed by atoms with Crippen molar-refractivity contribution in [2.24, 2.45) is 22.9 Å². The van der Waals surface area contributed by atoms with E-state index in [2.05, 4.69) is 36.0 Å². The van der Waals surface area contributed by atoms with Crippen LogP contribution >= 0.6 is 21.6 Å². The normalized spacial score (nSPS) is 12.6. The summed E-state index contributed by atoms with van der Waals surface area (Å²) in [6, 6.07) is 18.8. The van der Waals surface area contributed by atoms with E-state index in [1.807, 2.05) is 75.4 Å². The number of phenolic OH excluding ortho intramolecular Hbond substituents is 2. The molecule has 24 heteroatoms. The van der Waals surface area contributed by atoms with Crippen molar-refractivity contribution in [2.45, 2.75) is 63.7 Å². The Morgan fingerprint density at radius 1 is 0.564 bits per heavy atom. The van der Waals surface area contributed by atoms with Crippen molar-refractivity contribution < 1.29 is 49.1 Å². The second-order valence-electron chi connectivity index (χ2n) is 19.1. The highest BCUT2D eigenvalue weighted by atomic mass is 33.1. The lowest BCUT2D eigenvalue weighted by Gasteiger charge is -2.20. The van der Waals surface area contributed by atoms with E-state index >= 15 is 0 Å². The molecule has 3 aromatic carbocycles. The molecule has 1 fully saturated rings. The number of alkyl carbamates (subject to hydrolysis) is 1. The zero-order valence-corrected chi connectivity index (χ0v) is 48.8. The second kappa shape index (κ2) is 44.4. The van der Waals surface area contributed by atoms with Crippen LogP contribution in [0, 0.1) is 0 Å². The number of para-hydroxylation sites is 3. The summed E-state index contributed by atoms with van der Waals surface area (Å²) in [5.74, 6) is -0.486. The molecule has 0 spiro atoms. The second-order valence-corrected chi connectivity index (χ2v) is 21.9. The Labute approximate surface area is 471 Å². The number of phenols is 3. The fourth-order valence-electron chi connectivity index (χ4n) is 6.59. The van der Waals surface area contributed by atoms with Crippen LogP contribution in [-0.4, -0.2) is 219 Å². The molecule has 0 saturated carbocycles. The fourth-order valence-corrected chi connectivity index (χ4v) is 9.61. The van der Waals surface area contributed by atoms with Crippen LogP contribution in [0.3, 0.4) is 0 Å². The minimum Gasteiger partial charge on any atom is -0.507 e. The van der Waals surface area contributed by atoms with Crippen molar-refractivity contribution in [2.75, 3.05) is 139 Å². The minimum absolute atomic E-state index is 0.000290. The summed E-state index contributed by atoms with van der Waals surface area (Å²) in [5.41, 5.74) is 21.4. The van der Waals surface area contributed by atoms with Gasteiger partial charge in [-0.2, -0.15) is 0 Å². The molecule has 0 aliphatic carbocycles. The molecule has 22 nitrogen and oxygen atoms in total. The molecule has 442 valence electrons. The highest BCUT2D eigenvalue weighted by Crippen LogP contribution is 2.39. The average Bonchev–Trinajstić information content (AvgIpc) is 3.90. The van der Waals surface area contributed by atoms with Gasteiger partial charge < -0.3 is 89.0 Å². The van der Waals surface area contributed by atoms with Crippen LogP contribution in [0.25, 0.3) is 0 Å². The molecule has 1 heterocycles. The molecule has 3 aromatic rings. The highest BCUT2D eigenvalue weighted by Gasteiger charge is 2.17. The van der Waals surface area contributed by atoms with Gasteiger partial charge in [0.2, 0.25) is 5.91 Å². The van der Waals surface area contributed by atoms with Gasteiger partial charge in [-0.25, -0.2) is 9.59 Å². The van der Waals surface area contributed by atoms with Crippen LogP contribution in [-0.2, 0) is 9.53 Å². The molecule has 4 rings (SSSR count). The van der Waals surface area contributed by atoms with Gasteiger partial charge in [0, 0.05) is 122 Å². The highest BCUT2D eigenvalue weighted by molar-refractivity contribution is 8.77. The number of hydrogen-bond acceptors (Lipinski definition) is 19. The van der Waals surface area contributed by atoms with Crippen LogP contribution in [0.1, 0.15) is 83.9 Å². The number of nitrogens with zero attached hydrogens (tertiary/aromatic N) is 4. The van der Waals surface area contributed by atoms with Crippen molar-refractivity contribution in [3.63, 3.8) is 0 Å². The monoisotopic (exact) mass is 1130 g/mol. The Morgan fingerprint density at radius 2 is 0.936 bits per heavy atom. The molecule has 0 unspecified atom stereocenters. The number of aromatic hydroxyl groups is 3. The lowest BCUT2D eigenvalue weighted by Crippen LogP contribution is -2.38. The first-order valence-corrected chi connectivity index (χ1v) is 28.7. The van der Waals surface area contributed by atoms with Crippen molar-refractivity contribution in [1.82, 2.24) is 40.9 Å². The molecule has 1 aliphatic rings.